The van der Waals surface area contributed by atoms with Gasteiger partial charge in [0.1, 0.15) is 13.2 Å². The van der Waals surface area contributed by atoms with E-state index in [0.717, 1.165) is 122 Å². The molecule has 1 atom stereocenters. The molecule has 0 aromatic rings. The minimum absolute atomic E-state index is 0.0992. The highest BCUT2D eigenvalue weighted by atomic mass is 16.6. The summed E-state index contributed by atoms with van der Waals surface area (Å²) in [6, 6.07) is 0. The summed E-state index contributed by atoms with van der Waals surface area (Å²) in [5.41, 5.74) is 0. The van der Waals surface area contributed by atoms with Gasteiger partial charge in [-0.1, -0.05) is 214 Å². The molecule has 388 valence electrons. The topological polar surface area (TPSA) is 78.9 Å². The number of ether oxygens (including phenoxy) is 3. The Balaban J connectivity index is 4.48. The molecule has 0 aliphatic heterocycles. The lowest BCUT2D eigenvalue weighted by Gasteiger charge is -2.18. The predicted octanol–water partition coefficient (Wildman–Crippen LogP) is 18.9. The highest BCUT2D eigenvalue weighted by molar-refractivity contribution is 5.71. The molecule has 0 saturated carbocycles. The average molecular weight is 946 g/mol. The van der Waals surface area contributed by atoms with Crippen LogP contribution in [-0.4, -0.2) is 37.2 Å². The first-order valence-electron chi connectivity index (χ1n) is 28.2. The van der Waals surface area contributed by atoms with Gasteiger partial charge in [0.25, 0.3) is 0 Å². The molecule has 0 aromatic heterocycles. The summed E-state index contributed by atoms with van der Waals surface area (Å²) in [6.07, 6.45) is 73.8. The molecule has 6 heteroatoms. The van der Waals surface area contributed by atoms with E-state index in [4.69, 9.17) is 14.2 Å². The van der Waals surface area contributed by atoms with Gasteiger partial charge in [-0.15, -0.1) is 0 Å². The van der Waals surface area contributed by atoms with Gasteiger partial charge in [0.05, 0.1) is 0 Å². The molecule has 0 rings (SSSR count). The summed E-state index contributed by atoms with van der Waals surface area (Å²) >= 11 is 0. The summed E-state index contributed by atoms with van der Waals surface area (Å²) in [4.78, 5) is 38.1. The SMILES string of the molecule is CCCC/C=C/C/C=C/CCCCCCCC(=O)OC[C@H](COC(=O)CCCCC/C=C/C/C=C/C/C=C/C/C=C/CCCCC)OC(=O)CCCCCCCCC/C=C/C/C=C/CCCCC. The standard InChI is InChI=1S/C62H104O6/c1-4-7-10-13-16-19-22-25-28-30-31-33-34-37-40-43-46-49-52-55-61(64)67-58-59(57-66-60(63)54-51-48-45-42-39-36-27-24-21-18-15-12-9-6-3)68-62(65)56-53-50-47-44-41-38-35-32-29-26-23-20-17-14-11-8-5-2/h15-20,24-29,31,33,37,40,59H,4-14,21-23,30,32,34-36,38-39,41-58H2,1-3H3/b18-15+,19-16+,20-17+,27-24+,28-25+,29-26+,33-31+,40-37+/t59-/m1/s1. The predicted molar refractivity (Wildman–Crippen MR) is 293 cm³/mol. The normalized spacial score (nSPS) is 12.8. The van der Waals surface area contributed by atoms with E-state index in [0.29, 0.717) is 19.3 Å². The minimum atomic E-state index is -0.802. The second kappa shape index (κ2) is 55.9. The van der Waals surface area contributed by atoms with Crippen LogP contribution in [0.15, 0.2) is 97.2 Å². The van der Waals surface area contributed by atoms with Crippen molar-refractivity contribution >= 4 is 17.9 Å². The third-order valence-electron chi connectivity index (χ3n) is 11.8. The molecule has 6 nitrogen and oxygen atoms in total. The van der Waals surface area contributed by atoms with Gasteiger partial charge >= 0.3 is 17.9 Å². The zero-order valence-electron chi connectivity index (χ0n) is 44.3. The first-order chi connectivity index (χ1) is 33.5. The van der Waals surface area contributed by atoms with E-state index >= 15 is 0 Å². The highest BCUT2D eigenvalue weighted by Gasteiger charge is 2.19. The Labute approximate surface area is 419 Å². The van der Waals surface area contributed by atoms with Crippen LogP contribution in [0.25, 0.3) is 0 Å². The summed E-state index contributed by atoms with van der Waals surface area (Å²) in [7, 11) is 0. The smallest absolute Gasteiger partial charge is 0.306 e. The van der Waals surface area contributed by atoms with Crippen molar-refractivity contribution in [3.63, 3.8) is 0 Å². The molecule has 68 heavy (non-hydrogen) atoms. The average Bonchev–Trinajstić information content (AvgIpc) is 3.34. The quantitative estimate of drug-likeness (QED) is 0.0262. The van der Waals surface area contributed by atoms with E-state index < -0.39 is 6.10 Å². The monoisotopic (exact) mass is 945 g/mol. The van der Waals surface area contributed by atoms with Crippen molar-refractivity contribution in [1.29, 1.82) is 0 Å². The van der Waals surface area contributed by atoms with Crippen molar-refractivity contribution in [3.05, 3.63) is 97.2 Å². The van der Waals surface area contributed by atoms with E-state index in [1.807, 2.05) is 0 Å². The van der Waals surface area contributed by atoms with E-state index in [9.17, 15) is 14.4 Å². The molecule has 0 aliphatic carbocycles. The van der Waals surface area contributed by atoms with Crippen LogP contribution < -0.4 is 0 Å². The molecule has 0 radical (unpaired) electrons. The Morgan fingerprint density at radius 1 is 0.294 bits per heavy atom. The van der Waals surface area contributed by atoms with Gasteiger partial charge in [0.15, 0.2) is 6.10 Å². The van der Waals surface area contributed by atoms with E-state index in [1.54, 1.807) is 0 Å². The number of esters is 3. The molecule has 0 saturated heterocycles. The second-order valence-electron chi connectivity index (χ2n) is 18.5. The Kier molecular flexibility index (Phi) is 52.9. The van der Waals surface area contributed by atoms with Gasteiger partial charge in [0.2, 0.25) is 0 Å². The second-order valence-corrected chi connectivity index (χ2v) is 18.5. The van der Waals surface area contributed by atoms with Gasteiger partial charge in [-0.05, 0) is 122 Å². The summed E-state index contributed by atoms with van der Waals surface area (Å²) < 4.78 is 16.8. The van der Waals surface area contributed by atoms with Crippen LogP contribution in [0, 0.1) is 0 Å². The largest absolute Gasteiger partial charge is 0.462 e. The molecule has 0 amide bonds. The first kappa shape index (κ1) is 64.3. The molecule has 0 fully saturated rings. The highest BCUT2D eigenvalue weighted by Crippen LogP contribution is 2.14. The molecule has 0 spiro atoms. The van der Waals surface area contributed by atoms with Gasteiger partial charge in [0, 0.05) is 19.3 Å². The third-order valence-corrected chi connectivity index (χ3v) is 11.8. The van der Waals surface area contributed by atoms with Gasteiger partial charge in [-0.25, -0.2) is 0 Å². The minimum Gasteiger partial charge on any atom is -0.462 e. The van der Waals surface area contributed by atoms with Crippen LogP contribution in [-0.2, 0) is 28.6 Å². The molecule has 0 aliphatic rings. The fourth-order valence-corrected chi connectivity index (χ4v) is 7.47. The lowest BCUT2D eigenvalue weighted by atomic mass is 10.1. The number of unbranched alkanes of at least 4 members (excludes halogenated alkanes) is 23. The summed E-state index contributed by atoms with van der Waals surface area (Å²) in [5, 5.41) is 0. The number of hydrogen-bond acceptors (Lipinski definition) is 6. The maximum Gasteiger partial charge on any atom is 0.306 e. The number of rotatable bonds is 50. The Hall–Kier alpha value is -3.67. The van der Waals surface area contributed by atoms with E-state index in [2.05, 4.69) is 118 Å². The fourth-order valence-electron chi connectivity index (χ4n) is 7.47. The van der Waals surface area contributed by atoms with Gasteiger partial charge in [-0.3, -0.25) is 14.4 Å². The van der Waals surface area contributed by atoms with Crippen molar-refractivity contribution in [2.24, 2.45) is 0 Å². The van der Waals surface area contributed by atoms with Crippen molar-refractivity contribution < 1.29 is 28.6 Å². The van der Waals surface area contributed by atoms with Crippen LogP contribution in [0.5, 0.6) is 0 Å². The molecule has 0 aromatic carbocycles. The van der Waals surface area contributed by atoms with Crippen LogP contribution in [0.3, 0.4) is 0 Å². The van der Waals surface area contributed by atoms with Crippen molar-refractivity contribution in [1.82, 2.24) is 0 Å². The molecule has 0 unspecified atom stereocenters. The lowest BCUT2D eigenvalue weighted by Crippen LogP contribution is -2.30. The number of allylic oxidation sites excluding steroid dienone is 16. The van der Waals surface area contributed by atoms with Crippen molar-refractivity contribution in [2.75, 3.05) is 13.2 Å². The molecule has 0 bridgehead atoms. The molecular weight excluding hydrogens is 841 g/mol. The van der Waals surface area contributed by atoms with Crippen LogP contribution in [0.4, 0.5) is 0 Å². The Morgan fingerprint density at radius 2 is 0.544 bits per heavy atom. The summed E-state index contributed by atoms with van der Waals surface area (Å²) in [6.45, 7) is 6.50. The first-order valence-corrected chi connectivity index (χ1v) is 28.2. The molecular formula is C62H104O6. The third kappa shape index (κ3) is 53.3. The Bertz CT molecular complexity index is 1360. The maximum absolute atomic E-state index is 12.8. The number of hydrogen-bond donors (Lipinski definition) is 0. The van der Waals surface area contributed by atoms with Gasteiger partial charge in [-0.2, -0.15) is 0 Å². The lowest BCUT2D eigenvalue weighted by molar-refractivity contribution is -0.167. The zero-order valence-corrected chi connectivity index (χ0v) is 44.3. The van der Waals surface area contributed by atoms with Crippen LogP contribution in [0.1, 0.15) is 258 Å². The number of carbonyl (C=O) groups is 3. The molecule has 0 N–H and O–H groups in total. The maximum atomic E-state index is 12.8. The van der Waals surface area contributed by atoms with Gasteiger partial charge < -0.3 is 14.2 Å². The summed E-state index contributed by atoms with van der Waals surface area (Å²) in [5.74, 6) is -0.950. The van der Waals surface area contributed by atoms with E-state index in [1.165, 1.54) is 96.3 Å². The van der Waals surface area contributed by atoms with Crippen molar-refractivity contribution in [3.8, 4) is 0 Å². The number of carbonyl (C=O) groups excluding carboxylic acids is 3. The molecule has 0 heterocycles. The Morgan fingerprint density at radius 3 is 0.882 bits per heavy atom. The zero-order chi connectivity index (χ0) is 49.3. The van der Waals surface area contributed by atoms with Crippen molar-refractivity contribution in [2.45, 2.75) is 264 Å². The van der Waals surface area contributed by atoms with Crippen LogP contribution in [0.2, 0.25) is 0 Å². The van der Waals surface area contributed by atoms with E-state index in [-0.39, 0.29) is 31.1 Å². The fraction of sp³-hybridized carbons (Fsp3) is 0.694. The van der Waals surface area contributed by atoms with Crippen LogP contribution >= 0.6 is 0 Å².